The highest BCUT2D eigenvalue weighted by molar-refractivity contribution is 6.26. The second-order valence-corrected chi connectivity index (χ2v) is 10.5. The summed E-state index contributed by atoms with van der Waals surface area (Å²) < 4.78 is 0. The van der Waals surface area contributed by atoms with E-state index in [1.807, 2.05) is 106 Å². The van der Waals surface area contributed by atoms with Crippen LogP contribution in [0.4, 0.5) is 5.69 Å². The Balaban J connectivity index is 1.52. The summed E-state index contributed by atoms with van der Waals surface area (Å²) in [6.45, 7) is 5.92. The summed E-state index contributed by atoms with van der Waals surface area (Å²) in [5.74, 6) is -0.695. The maximum absolute atomic E-state index is 14.2. The van der Waals surface area contributed by atoms with Crippen molar-refractivity contribution in [3.63, 3.8) is 0 Å². The Kier molecular flexibility index (Phi) is 7.46. The van der Waals surface area contributed by atoms with E-state index in [0.717, 1.165) is 33.2 Å². The number of nitrogens with one attached hydrogen (secondary N) is 1. The molecule has 0 fully saturated rings. The molecule has 0 aliphatic carbocycles. The first-order valence-electron chi connectivity index (χ1n) is 13.3. The quantitative estimate of drug-likeness (QED) is 0.327. The van der Waals surface area contributed by atoms with Crippen LogP contribution in [-0.4, -0.2) is 41.2 Å². The SMILES string of the molecule is Cc1cccc(CN(C(=O)CN2C(=O)c3cccc4cccc2c34)[C@H](Cc2ccccc2)C(=O)NC(C)C)c1. The van der Waals surface area contributed by atoms with Gasteiger partial charge in [0, 0.05) is 30.0 Å². The Labute approximate surface area is 229 Å². The van der Waals surface area contributed by atoms with Crippen LogP contribution in [0.2, 0.25) is 0 Å². The van der Waals surface area contributed by atoms with Crippen LogP contribution in [-0.2, 0) is 22.6 Å². The third kappa shape index (κ3) is 5.55. The van der Waals surface area contributed by atoms with Gasteiger partial charge in [0.25, 0.3) is 5.91 Å². The van der Waals surface area contributed by atoms with E-state index >= 15 is 0 Å². The number of rotatable bonds is 9. The van der Waals surface area contributed by atoms with Crippen LogP contribution < -0.4 is 10.2 Å². The molecule has 0 unspecified atom stereocenters. The van der Waals surface area contributed by atoms with Crippen molar-refractivity contribution in [3.8, 4) is 0 Å². The lowest BCUT2D eigenvalue weighted by molar-refractivity contribution is -0.140. The van der Waals surface area contributed by atoms with E-state index in [9.17, 15) is 14.4 Å². The van der Waals surface area contributed by atoms with Crippen molar-refractivity contribution in [2.45, 2.75) is 45.8 Å². The van der Waals surface area contributed by atoms with Gasteiger partial charge in [-0.3, -0.25) is 19.3 Å². The summed E-state index contributed by atoms with van der Waals surface area (Å²) in [6, 6.07) is 28.2. The molecule has 4 aromatic rings. The van der Waals surface area contributed by atoms with Gasteiger partial charge in [-0.25, -0.2) is 0 Å². The van der Waals surface area contributed by atoms with E-state index in [0.29, 0.717) is 12.0 Å². The number of carbonyl (C=O) groups is 3. The second kappa shape index (κ2) is 11.1. The maximum atomic E-state index is 14.2. The molecule has 4 aromatic carbocycles. The molecule has 6 heteroatoms. The monoisotopic (exact) mass is 519 g/mol. The Hall–Kier alpha value is -4.45. The molecule has 1 N–H and O–H groups in total. The number of anilines is 1. The van der Waals surface area contributed by atoms with Gasteiger partial charge >= 0.3 is 0 Å². The first kappa shape index (κ1) is 26.2. The van der Waals surface area contributed by atoms with Gasteiger partial charge in [0.1, 0.15) is 12.6 Å². The van der Waals surface area contributed by atoms with Crippen molar-refractivity contribution >= 4 is 34.2 Å². The minimum atomic E-state index is -0.751. The van der Waals surface area contributed by atoms with E-state index in [1.165, 1.54) is 0 Å². The first-order valence-corrected chi connectivity index (χ1v) is 13.3. The highest BCUT2D eigenvalue weighted by atomic mass is 16.2. The summed E-state index contributed by atoms with van der Waals surface area (Å²) in [5.41, 5.74) is 4.28. The summed E-state index contributed by atoms with van der Waals surface area (Å²) in [5, 5.41) is 4.84. The van der Waals surface area contributed by atoms with Gasteiger partial charge in [0.15, 0.2) is 0 Å². The highest BCUT2D eigenvalue weighted by Crippen LogP contribution is 2.37. The number of carbonyl (C=O) groups excluding carboxylic acids is 3. The molecule has 0 saturated heterocycles. The van der Waals surface area contributed by atoms with Crippen LogP contribution >= 0.6 is 0 Å². The molecule has 1 heterocycles. The van der Waals surface area contributed by atoms with E-state index in [4.69, 9.17) is 0 Å². The average Bonchev–Trinajstić information content (AvgIpc) is 3.19. The Morgan fingerprint density at radius 3 is 2.28 bits per heavy atom. The predicted molar refractivity (Wildman–Crippen MR) is 155 cm³/mol. The normalized spacial score (nSPS) is 13.1. The molecule has 5 rings (SSSR count). The van der Waals surface area contributed by atoms with E-state index in [-0.39, 0.29) is 36.9 Å². The average molecular weight is 520 g/mol. The van der Waals surface area contributed by atoms with Crippen LogP contribution in [0.5, 0.6) is 0 Å². The fourth-order valence-corrected chi connectivity index (χ4v) is 5.30. The zero-order valence-corrected chi connectivity index (χ0v) is 22.6. The third-order valence-corrected chi connectivity index (χ3v) is 7.08. The summed E-state index contributed by atoms with van der Waals surface area (Å²) >= 11 is 0. The zero-order valence-electron chi connectivity index (χ0n) is 22.6. The third-order valence-electron chi connectivity index (χ3n) is 7.08. The molecule has 0 aromatic heterocycles. The number of benzene rings is 4. The maximum Gasteiger partial charge on any atom is 0.259 e. The molecule has 3 amide bonds. The van der Waals surface area contributed by atoms with Crippen LogP contribution in [0, 0.1) is 6.92 Å². The lowest BCUT2D eigenvalue weighted by Gasteiger charge is -2.33. The standard InChI is InChI=1S/C33H33N3O3/c1-22(2)34-32(38)29(19-24-11-5-4-6-12-24)35(20-25-13-7-10-23(3)18-25)30(37)21-36-28-17-9-15-26-14-8-16-27(31(26)28)33(36)39/h4-18,22,29H,19-21H2,1-3H3,(H,34,38)/t29-/m1/s1. The van der Waals surface area contributed by atoms with E-state index in [2.05, 4.69) is 5.32 Å². The first-order chi connectivity index (χ1) is 18.8. The van der Waals surface area contributed by atoms with Crippen LogP contribution in [0.15, 0.2) is 91.0 Å². The summed E-state index contributed by atoms with van der Waals surface area (Å²) in [4.78, 5) is 44.4. The molecule has 6 nitrogen and oxygen atoms in total. The number of hydrogen-bond acceptors (Lipinski definition) is 3. The van der Waals surface area contributed by atoms with Crippen LogP contribution in [0.25, 0.3) is 10.8 Å². The van der Waals surface area contributed by atoms with Crippen molar-refractivity contribution < 1.29 is 14.4 Å². The predicted octanol–water partition coefficient (Wildman–Crippen LogP) is 5.27. The molecule has 1 atom stereocenters. The van der Waals surface area contributed by atoms with Crippen molar-refractivity contribution in [2.75, 3.05) is 11.4 Å². The minimum absolute atomic E-state index is 0.0843. The fourth-order valence-electron chi connectivity index (χ4n) is 5.30. The Morgan fingerprint density at radius 2 is 1.56 bits per heavy atom. The lowest BCUT2D eigenvalue weighted by Crippen LogP contribution is -2.54. The van der Waals surface area contributed by atoms with Gasteiger partial charge in [0.2, 0.25) is 11.8 Å². The number of nitrogens with zero attached hydrogens (tertiary/aromatic N) is 2. The van der Waals surface area contributed by atoms with E-state index in [1.54, 1.807) is 15.9 Å². The summed E-state index contributed by atoms with van der Waals surface area (Å²) in [7, 11) is 0. The van der Waals surface area contributed by atoms with Crippen LogP contribution in [0.3, 0.4) is 0 Å². The van der Waals surface area contributed by atoms with Crippen molar-refractivity contribution in [2.24, 2.45) is 0 Å². The molecular weight excluding hydrogens is 486 g/mol. The van der Waals surface area contributed by atoms with Gasteiger partial charge in [-0.1, -0.05) is 84.4 Å². The Morgan fingerprint density at radius 1 is 0.872 bits per heavy atom. The zero-order chi connectivity index (χ0) is 27.5. The van der Waals surface area contributed by atoms with Crippen molar-refractivity contribution in [1.82, 2.24) is 10.2 Å². The number of hydrogen-bond donors (Lipinski definition) is 1. The number of aryl methyl sites for hydroxylation is 1. The molecule has 0 saturated carbocycles. The highest BCUT2D eigenvalue weighted by Gasteiger charge is 2.36. The molecule has 198 valence electrons. The molecule has 0 radical (unpaired) electrons. The van der Waals surface area contributed by atoms with Crippen molar-refractivity contribution in [3.05, 3.63) is 113 Å². The lowest BCUT2D eigenvalue weighted by atomic mass is 10.0. The number of amides is 3. The van der Waals surface area contributed by atoms with Gasteiger partial charge in [-0.2, -0.15) is 0 Å². The Bertz CT molecular complexity index is 1520. The van der Waals surface area contributed by atoms with Gasteiger partial charge in [0.05, 0.1) is 5.69 Å². The largest absolute Gasteiger partial charge is 0.352 e. The smallest absolute Gasteiger partial charge is 0.259 e. The summed E-state index contributed by atoms with van der Waals surface area (Å²) in [6.07, 6.45) is 0.362. The molecule has 1 aliphatic heterocycles. The van der Waals surface area contributed by atoms with Gasteiger partial charge in [-0.15, -0.1) is 0 Å². The van der Waals surface area contributed by atoms with Gasteiger partial charge in [-0.05, 0) is 49.4 Å². The van der Waals surface area contributed by atoms with Gasteiger partial charge < -0.3 is 10.2 Å². The van der Waals surface area contributed by atoms with E-state index < -0.39 is 6.04 Å². The topological polar surface area (TPSA) is 69.7 Å². The van der Waals surface area contributed by atoms with Crippen LogP contribution in [0.1, 0.15) is 40.9 Å². The second-order valence-electron chi connectivity index (χ2n) is 10.5. The molecule has 1 aliphatic rings. The fraction of sp³-hybridized carbons (Fsp3) is 0.242. The molecule has 39 heavy (non-hydrogen) atoms. The minimum Gasteiger partial charge on any atom is -0.352 e. The molecular formula is C33H33N3O3. The molecule has 0 bridgehead atoms. The molecule has 0 spiro atoms. The van der Waals surface area contributed by atoms with Crippen molar-refractivity contribution in [1.29, 1.82) is 0 Å².